The molecule has 3 aromatic rings. The van der Waals surface area contributed by atoms with Gasteiger partial charge in [0.2, 0.25) is 0 Å². The fourth-order valence-electron chi connectivity index (χ4n) is 3.33. The number of aromatic nitrogens is 1. The molecule has 1 aliphatic rings. The topological polar surface area (TPSA) is 36.4 Å². The predicted octanol–water partition coefficient (Wildman–Crippen LogP) is 4.86. The molecule has 27 heavy (non-hydrogen) atoms. The number of thiophene rings is 1. The third-order valence-electron chi connectivity index (χ3n) is 4.82. The lowest BCUT2D eigenvalue weighted by molar-refractivity contribution is 0.102. The third-order valence-corrected chi connectivity index (χ3v) is 8.14. The summed E-state index contributed by atoms with van der Waals surface area (Å²) in [5, 5.41) is 1.29. The number of ketones is 1. The first-order valence-corrected chi connectivity index (χ1v) is 11.8. The molecule has 0 spiro atoms. The maximum atomic E-state index is 11.4. The van der Waals surface area contributed by atoms with Crippen molar-refractivity contribution >= 4 is 56.3 Å². The molecule has 4 nitrogen and oxygen atoms in total. The number of carbonyl (C=O) groups is 1. The van der Waals surface area contributed by atoms with Gasteiger partial charge in [0.05, 0.1) is 13.8 Å². The van der Waals surface area contributed by atoms with E-state index in [1.165, 1.54) is 20.7 Å². The van der Waals surface area contributed by atoms with E-state index in [0.29, 0.717) is 0 Å². The van der Waals surface area contributed by atoms with Crippen LogP contribution < -0.4 is 4.90 Å². The molecule has 1 aliphatic heterocycles. The van der Waals surface area contributed by atoms with Gasteiger partial charge in [-0.2, -0.15) is 4.37 Å². The second-order valence-corrected chi connectivity index (χ2v) is 9.99. The van der Waals surface area contributed by atoms with Gasteiger partial charge in [0.1, 0.15) is 5.82 Å². The smallest absolute Gasteiger partial charge is 0.169 e. The molecule has 4 rings (SSSR count). The fourth-order valence-corrected chi connectivity index (χ4v) is 6.15. The number of nitrogens with zero attached hydrogens (tertiary/aromatic N) is 3. The third kappa shape index (κ3) is 4.54. The molecule has 1 aromatic carbocycles. The molecule has 7 heteroatoms. The lowest BCUT2D eigenvalue weighted by Crippen LogP contribution is -2.46. The van der Waals surface area contributed by atoms with Crippen LogP contribution in [0, 0.1) is 0 Å². The van der Waals surface area contributed by atoms with Crippen molar-refractivity contribution in [1.29, 1.82) is 0 Å². The number of benzene rings is 1. The summed E-state index contributed by atoms with van der Waals surface area (Å²) < 4.78 is 7.21. The Bertz CT molecular complexity index is 912. The molecule has 1 saturated heterocycles. The second-order valence-electron chi connectivity index (χ2n) is 6.71. The highest BCUT2D eigenvalue weighted by Gasteiger charge is 2.20. The first-order chi connectivity index (χ1) is 13.2. The van der Waals surface area contributed by atoms with Gasteiger partial charge in [-0.3, -0.25) is 9.69 Å². The van der Waals surface area contributed by atoms with Crippen molar-refractivity contribution in [2.75, 3.05) is 43.4 Å². The second kappa shape index (κ2) is 8.73. The minimum absolute atomic E-state index is 0.164. The van der Waals surface area contributed by atoms with E-state index in [-0.39, 0.29) is 5.78 Å². The van der Waals surface area contributed by atoms with E-state index in [1.807, 2.05) is 17.8 Å². The van der Waals surface area contributed by atoms with Crippen LogP contribution in [-0.2, 0) is 0 Å². The SMILES string of the molecule is CC(=O)c1ccc(SCCCN2CCN(c3nsc4ccccc34)CC2)s1. The summed E-state index contributed by atoms with van der Waals surface area (Å²) in [5.41, 5.74) is 0. The maximum absolute atomic E-state index is 11.4. The van der Waals surface area contributed by atoms with Gasteiger partial charge >= 0.3 is 0 Å². The number of hydrogen-bond acceptors (Lipinski definition) is 7. The molecule has 142 valence electrons. The Morgan fingerprint density at radius 1 is 1.15 bits per heavy atom. The highest BCUT2D eigenvalue weighted by molar-refractivity contribution is 8.01. The van der Waals surface area contributed by atoms with E-state index in [2.05, 4.69) is 40.1 Å². The highest BCUT2D eigenvalue weighted by Crippen LogP contribution is 2.30. The number of fused-ring (bicyclic) bond motifs is 1. The zero-order valence-electron chi connectivity index (χ0n) is 15.4. The number of carbonyl (C=O) groups excluding carboxylic acids is 1. The first kappa shape index (κ1) is 18.9. The molecule has 1 fully saturated rings. The minimum atomic E-state index is 0.164. The first-order valence-electron chi connectivity index (χ1n) is 9.26. The molecule has 0 amide bonds. The highest BCUT2D eigenvalue weighted by atomic mass is 32.2. The van der Waals surface area contributed by atoms with Crippen LogP contribution in [0.3, 0.4) is 0 Å². The number of anilines is 1. The molecule has 0 saturated carbocycles. The molecule has 0 atom stereocenters. The van der Waals surface area contributed by atoms with Crippen molar-refractivity contribution < 1.29 is 4.79 Å². The van der Waals surface area contributed by atoms with E-state index in [1.54, 1.807) is 29.8 Å². The van der Waals surface area contributed by atoms with Crippen LogP contribution in [-0.4, -0.2) is 53.5 Å². The Kier molecular flexibility index (Phi) is 6.12. The summed E-state index contributed by atoms with van der Waals surface area (Å²) in [4.78, 5) is 17.2. The van der Waals surface area contributed by atoms with Crippen LogP contribution in [0.2, 0.25) is 0 Å². The van der Waals surface area contributed by atoms with E-state index in [9.17, 15) is 4.79 Å². The van der Waals surface area contributed by atoms with Gasteiger partial charge in [-0.25, -0.2) is 0 Å². The predicted molar refractivity (Wildman–Crippen MR) is 118 cm³/mol. The van der Waals surface area contributed by atoms with Crippen LogP contribution in [0.25, 0.3) is 10.1 Å². The molecule has 0 N–H and O–H groups in total. The normalized spacial score (nSPS) is 15.5. The molecule has 0 unspecified atom stereocenters. The Morgan fingerprint density at radius 2 is 1.96 bits per heavy atom. The van der Waals surface area contributed by atoms with Crippen molar-refractivity contribution in [2.24, 2.45) is 0 Å². The van der Waals surface area contributed by atoms with Crippen LogP contribution in [0.15, 0.2) is 40.6 Å². The van der Waals surface area contributed by atoms with Crippen molar-refractivity contribution in [1.82, 2.24) is 9.27 Å². The lowest BCUT2D eigenvalue weighted by Gasteiger charge is -2.35. The van der Waals surface area contributed by atoms with E-state index >= 15 is 0 Å². The number of piperazine rings is 1. The average Bonchev–Trinajstić information content (AvgIpc) is 3.33. The number of thioether (sulfide) groups is 1. The minimum Gasteiger partial charge on any atom is -0.353 e. The number of hydrogen-bond donors (Lipinski definition) is 0. The molecule has 0 radical (unpaired) electrons. The largest absolute Gasteiger partial charge is 0.353 e. The summed E-state index contributed by atoms with van der Waals surface area (Å²) in [7, 11) is 0. The number of rotatable bonds is 7. The van der Waals surface area contributed by atoms with Crippen molar-refractivity contribution in [3.05, 3.63) is 41.3 Å². The summed E-state index contributed by atoms with van der Waals surface area (Å²) in [6.45, 7) is 7.08. The Morgan fingerprint density at radius 3 is 2.74 bits per heavy atom. The lowest BCUT2D eigenvalue weighted by atomic mass is 10.2. The van der Waals surface area contributed by atoms with Crippen molar-refractivity contribution in [3.8, 4) is 0 Å². The van der Waals surface area contributed by atoms with E-state index in [4.69, 9.17) is 4.37 Å². The maximum Gasteiger partial charge on any atom is 0.169 e. The van der Waals surface area contributed by atoms with Gasteiger partial charge in [0.25, 0.3) is 0 Å². The van der Waals surface area contributed by atoms with Gasteiger partial charge in [-0.15, -0.1) is 23.1 Å². The van der Waals surface area contributed by atoms with E-state index in [0.717, 1.165) is 49.2 Å². The summed E-state index contributed by atoms with van der Waals surface area (Å²) >= 11 is 5.08. The molecular weight excluding hydrogens is 394 g/mol. The van der Waals surface area contributed by atoms with Crippen LogP contribution in [0.1, 0.15) is 23.0 Å². The van der Waals surface area contributed by atoms with Gasteiger partial charge in [0, 0.05) is 37.3 Å². The summed E-state index contributed by atoms with van der Waals surface area (Å²) in [6.07, 6.45) is 1.18. The monoisotopic (exact) mass is 417 g/mol. The zero-order valence-corrected chi connectivity index (χ0v) is 17.8. The molecule has 3 heterocycles. The number of Topliss-reactive ketones (excluding diaryl/α,β-unsaturated/α-hetero) is 1. The van der Waals surface area contributed by atoms with Crippen LogP contribution in [0.4, 0.5) is 5.82 Å². The van der Waals surface area contributed by atoms with Gasteiger partial charge in [-0.05, 0) is 55.7 Å². The van der Waals surface area contributed by atoms with Gasteiger partial charge in [-0.1, -0.05) is 12.1 Å². The van der Waals surface area contributed by atoms with Crippen LogP contribution >= 0.6 is 34.6 Å². The van der Waals surface area contributed by atoms with Crippen molar-refractivity contribution in [3.63, 3.8) is 0 Å². The summed E-state index contributed by atoms with van der Waals surface area (Å²) in [6, 6.07) is 12.5. The summed E-state index contributed by atoms with van der Waals surface area (Å²) in [5.74, 6) is 2.43. The van der Waals surface area contributed by atoms with Gasteiger partial charge in [0.15, 0.2) is 5.78 Å². The molecule has 0 aliphatic carbocycles. The average molecular weight is 418 g/mol. The quantitative estimate of drug-likeness (QED) is 0.312. The zero-order chi connectivity index (χ0) is 18.6. The Labute approximate surface area is 172 Å². The Balaban J connectivity index is 1.21. The van der Waals surface area contributed by atoms with Crippen LogP contribution in [0.5, 0.6) is 0 Å². The fraction of sp³-hybridized carbons (Fsp3) is 0.400. The van der Waals surface area contributed by atoms with Crippen molar-refractivity contribution in [2.45, 2.75) is 17.6 Å². The molecule has 0 bridgehead atoms. The molecule has 2 aromatic heterocycles. The standard InChI is InChI=1S/C20H23N3OS3/c1-15(24)17-7-8-19(26-17)25-14-4-9-22-10-12-23(13-11-22)20-16-5-2-3-6-18(16)27-21-20/h2-3,5-8H,4,9-14H2,1H3. The van der Waals surface area contributed by atoms with Gasteiger partial charge < -0.3 is 4.90 Å². The Hall–Kier alpha value is -1.41. The molecular formula is C20H23N3OS3. The van der Waals surface area contributed by atoms with E-state index < -0.39 is 0 Å².